The predicted molar refractivity (Wildman–Crippen MR) is 89.0 cm³/mol. The van der Waals surface area contributed by atoms with Crippen molar-refractivity contribution in [1.82, 2.24) is 24.8 Å². The minimum atomic E-state index is -0.953. The third-order valence-corrected chi connectivity index (χ3v) is 5.40. The number of fused-ring (bicyclic) bond motifs is 1. The number of carbonyl (C=O) groups excluding carboxylic acids is 1. The van der Waals surface area contributed by atoms with Gasteiger partial charge in [-0.1, -0.05) is 0 Å². The van der Waals surface area contributed by atoms with E-state index in [4.69, 9.17) is 5.11 Å². The molecule has 2 N–H and O–H groups in total. The molecule has 2 saturated heterocycles. The lowest BCUT2D eigenvalue weighted by atomic mass is 9.72. The first-order chi connectivity index (χ1) is 12.1. The summed E-state index contributed by atoms with van der Waals surface area (Å²) in [7, 11) is 0. The third-order valence-electron chi connectivity index (χ3n) is 5.40. The highest BCUT2D eigenvalue weighted by Crippen LogP contribution is 2.41. The molecule has 2 aromatic rings. The number of anilines is 1. The van der Waals surface area contributed by atoms with Gasteiger partial charge in [0.1, 0.15) is 18.4 Å². The number of aliphatic carboxylic acids is 1. The molecule has 9 heteroatoms. The number of nitrogens with one attached hydrogen (secondary N) is 1. The molecule has 9 nitrogen and oxygen atoms in total. The standard InChI is InChI=1S/C16H20N6O3/c23-11-1-2-16(8-22(11)7-12(24)25)3-5-21(6-4-16)15-13-14(18-9-17-13)19-10-20-15/h9-10H,1-8H2,(H,24,25)(H,17,18,19,20). The minimum absolute atomic E-state index is 0.0139. The van der Waals surface area contributed by atoms with E-state index in [1.807, 2.05) is 0 Å². The molecule has 0 aromatic carbocycles. The van der Waals surface area contributed by atoms with Gasteiger partial charge >= 0.3 is 5.97 Å². The average Bonchev–Trinajstić information content (AvgIpc) is 3.07. The fraction of sp³-hybridized carbons (Fsp3) is 0.562. The number of carboxylic acid groups (broad SMARTS) is 1. The van der Waals surface area contributed by atoms with E-state index in [1.54, 1.807) is 6.33 Å². The number of nitrogens with zero attached hydrogens (tertiary/aromatic N) is 5. The molecule has 0 radical (unpaired) electrons. The maximum absolute atomic E-state index is 12.0. The van der Waals surface area contributed by atoms with Crippen LogP contribution in [0.4, 0.5) is 5.82 Å². The number of rotatable bonds is 3. The van der Waals surface area contributed by atoms with Crippen LogP contribution in [0.2, 0.25) is 0 Å². The van der Waals surface area contributed by atoms with Gasteiger partial charge in [0.25, 0.3) is 0 Å². The van der Waals surface area contributed by atoms with Crippen molar-refractivity contribution in [1.29, 1.82) is 0 Å². The number of aromatic nitrogens is 4. The van der Waals surface area contributed by atoms with Crippen molar-refractivity contribution in [3.05, 3.63) is 12.7 Å². The number of likely N-dealkylation sites (tertiary alicyclic amines) is 1. The maximum Gasteiger partial charge on any atom is 0.323 e. The molecule has 1 amide bonds. The van der Waals surface area contributed by atoms with E-state index < -0.39 is 5.97 Å². The van der Waals surface area contributed by atoms with Gasteiger partial charge in [0, 0.05) is 26.1 Å². The minimum Gasteiger partial charge on any atom is -0.480 e. The quantitative estimate of drug-likeness (QED) is 0.840. The van der Waals surface area contributed by atoms with Gasteiger partial charge in [-0.15, -0.1) is 0 Å². The van der Waals surface area contributed by atoms with Crippen molar-refractivity contribution >= 4 is 28.9 Å². The Morgan fingerprint density at radius 2 is 2.04 bits per heavy atom. The van der Waals surface area contributed by atoms with E-state index >= 15 is 0 Å². The summed E-state index contributed by atoms with van der Waals surface area (Å²) in [6, 6.07) is 0. The van der Waals surface area contributed by atoms with E-state index in [0.717, 1.165) is 43.7 Å². The summed E-state index contributed by atoms with van der Waals surface area (Å²) in [6.07, 6.45) is 6.23. The van der Waals surface area contributed by atoms with Crippen molar-refractivity contribution < 1.29 is 14.7 Å². The first kappa shape index (κ1) is 15.8. The number of amides is 1. The SMILES string of the molecule is O=C(O)CN1CC2(CCC1=O)CCN(c1ncnc3nc[nH]c13)CC2. The lowest BCUT2D eigenvalue weighted by Crippen LogP contribution is -2.52. The summed E-state index contributed by atoms with van der Waals surface area (Å²) in [5.41, 5.74) is 1.51. The second-order valence-corrected chi connectivity index (χ2v) is 6.93. The van der Waals surface area contributed by atoms with E-state index in [-0.39, 0.29) is 17.9 Å². The number of hydrogen-bond donors (Lipinski definition) is 2. The Balaban J connectivity index is 1.48. The van der Waals surface area contributed by atoms with Gasteiger partial charge in [-0.25, -0.2) is 15.0 Å². The number of imidazole rings is 1. The molecule has 4 heterocycles. The van der Waals surface area contributed by atoms with Crippen LogP contribution in [0.1, 0.15) is 25.7 Å². The van der Waals surface area contributed by atoms with Crippen molar-refractivity contribution in [3.8, 4) is 0 Å². The van der Waals surface area contributed by atoms with Crippen LogP contribution in [0.5, 0.6) is 0 Å². The normalized spacial score (nSPS) is 20.4. The molecule has 2 aliphatic rings. The lowest BCUT2D eigenvalue weighted by molar-refractivity contribution is -0.148. The first-order valence-electron chi connectivity index (χ1n) is 8.45. The smallest absolute Gasteiger partial charge is 0.323 e. The number of H-pyrrole nitrogens is 1. The number of carboxylic acids is 1. The van der Waals surface area contributed by atoms with E-state index in [1.165, 1.54) is 11.2 Å². The zero-order valence-electron chi connectivity index (χ0n) is 13.8. The summed E-state index contributed by atoms with van der Waals surface area (Å²) in [6.45, 7) is 1.97. The molecule has 2 aliphatic heterocycles. The number of aromatic amines is 1. The van der Waals surface area contributed by atoms with Crippen LogP contribution in [0, 0.1) is 5.41 Å². The molecule has 2 aromatic heterocycles. The third kappa shape index (κ3) is 2.90. The molecule has 1 spiro atoms. The summed E-state index contributed by atoms with van der Waals surface area (Å²) >= 11 is 0. The van der Waals surface area contributed by atoms with Gasteiger partial charge < -0.3 is 19.9 Å². The Morgan fingerprint density at radius 3 is 2.80 bits per heavy atom. The van der Waals surface area contributed by atoms with Crippen LogP contribution in [0.15, 0.2) is 12.7 Å². The van der Waals surface area contributed by atoms with E-state index in [0.29, 0.717) is 18.6 Å². The molecule has 4 rings (SSSR count). The van der Waals surface area contributed by atoms with Crippen LogP contribution in [-0.2, 0) is 9.59 Å². The molecule has 2 fully saturated rings. The number of hydrogen-bond acceptors (Lipinski definition) is 6. The summed E-state index contributed by atoms with van der Waals surface area (Å²) in [5.74, 6) is -0.150. The molecular formula is C16H20N6O3. The molecule has 0 atom stereocenters. The summed E-state index contributed by atoms with van der Waals surface area (Å²) in [4.78, 5) is 42.5. The molecule has 0 unspecified atom stereocenters. The van der Waals surface area contributed by atoms with Crippen LogP contribution < -0.4 is 4.90 Å². The van der Waals surface area contributed by atoms with E-state index in [2.05, 4.69) is 24.8 Å². The van der Waals surface area contributed by atoms with Crippen molar-refractivity contribution in [3.63, 3.8) is 0 Å². The van der Waals surface area contributed by atoms with Crippen molar-refractivity contribution in [2.45, 2.75) is 25.7 Å². The second kappa shape index (κ2) is 5.98. The molecule has 132 valence electrons. The number of carbonyl (C=O) groups is 2. The van der Waals surface area contributed by atoms with Gasteiger partial charge in [0.2, 0.25) is 5.91 Å². The van der Waals surface area contributed by atoms with Crippen molar-refractivity contribution in [2.24, 2.45) is 5.41 Å². The Bertz CT molecular complexity index is 811. The van der Waals surface area contributed by atoms with E-state index in [9.17, 15) is 9.59 Å². The van der Waals surface area contributed by atoms with Crippen molar-refractivity contribution in [2.75, 3.05) is 31.1 Å². The summed E-state index contributed by atoms with van der Waals surface area (Å²) < 4.78 is 0. The molecule has 0 bridgehead atoms. The fourth-order valence-corrected chi connectivity index (χ4v) is 4.00. The first-order valence-corrected chi connectivity index (χ1v) is 8.45. The van der Waals surface area contributed by atoms with Crippen LogP contribution in [0.3, 0.4) is 0 Å². The van der Waals surface area contributed by atoms with Gasteiger partial charge in [-0.05, 0) is 24.7 Å². The fourth-order valence-electron chi connectivity index (χ4n) is 4.00. The Morgan fingerprint density at radius 1 is 1.24 bits per heavy atom. The van der Waals surface area contributed by atoms with Gasteiger partial charge in [-0.2, -0.15) is 0 Å². The largest absolute Gasteiger partial charge is 0.480 e. The van der Waals surface area contributed by atoms with Gasteiger partial charge in [0.05, 0.1) is 6.33 Å². The molecule has 0 saturated carbocycles. The number of piperidine rings is 2. The Kier molecular flexibility index (Phi) is 3.78. The molecule has 0 aliphatic carbocycles. The topological polar surface area (TPSA) is 115 Å². The van der Waals surface area contributed by atoms with Crippen LogP contribution >= 0.6 is 0 Å². The monoisotopic (exact) mass is 344 g/mol. The van der Waals surface area contributed by atoms with Crippen LogP contribution in [0.25, 0.3) is 11.2 Å². The molecule has 25 heavy (non-hydrogen) atoms. The predicted octanol–water partition coefficient (Wildman–Crippen LogP) is 0.647. The highest BCUT2D eigenvalue weighted by Gasteiger charge is 2.41. The zero-order valence-corrected chi connectivity index (χ0v) is 13.8. The van der Waals surface area contributed by atoms with Gasteiger partial charge in [0.15, 0.2) is 11.5 Å². The highest BCUT2D eigenvalue weighted by molar-refractivity contribution is 5.83. The average molecular weight is 344 g/mol. The maximum atomic E-state index is 12.0. The Labute approximate surface area is 144 Å². The Hall–Kier alpha value is -2.71. The van der Waals surface area contributed by atoms with Gasteiger partial charge in [-0.3, -0.25) is 9.59 Å². The highest BCUT2D eigenvalue weighted by atomic mass is 16.4. The second-order valence-electron chi connectivity index (χ2n) is 6.93. The lowest BCUT2D eigenvalue weighted by Gasteiger charge is -2.47. The zero-order chi connectivity index (χ0) is 17.4. The molecular weight excluding hydrogens is 324 g/mol. The summed E-state index contributed by atoms with van der Waals surface area (Å²) in [5, 5.41) is 9.02. The van der Waals surface area contributed by atoms with Crippen LogP contribution in [-0.4, -0.2) is 68.0 Å².